The van der Waals surface area contributed by atoms with E-state index < -0.39 is 11.6 Å². The maximum Gasteiger partial charge on any atom is 0.410 e. The molecule has 7 fully saturated rings. The first kappa shape index (κ1) is 27.9. The average Bonchev–Trinajstić information content (AvgIpc) is 3.48. The molecule has 13 atom stereocenters. The highest BCUT2D eigenvalue weighted by Crippen LogP contribution is 2.87. The van der Waals surface area contributed by atoms with E-state index in [1.807, 2.05) is 0 Å². The number of fused-ring (bicyclic) bond motifs is 4. The molecule has 2 saturated heterocycles. The van der Waals surface area contributed by atoms with Gasteiger partial charge in [-0.15, -0.1) is 0 Å². The third kappa shape index (κ3) is 3.19. The molecule has 7 heteroatoms. The van der Waals surface area contributed by atoms with Gasteiger partial charge < -0.3 is 30.3 Å². The van der Waals surface area contributed by atoms with Gasteiger partial charge in [0.05, 0.1) is 30.0 Å². The molecule has 0 bridgehead atoms. The second-order valence-electron chi connectivity index (χ2n) is 16.7. The van der Waals surface area contributed by atoms with E-state index in [0.717, 1.165) is 58.0 Å². The number of amides is 1. The first-order valence-corrected chi connectivity index (χ1v) is 16.5. The van der Waals surface area contributed by atoms with Crippen LogP contribution in [0.1, 0.15) is 99.3 Å². The number of nitrogens with zero attached hydrogens (tertiary/aromatic N) is 1. The van der Waals surface area contributed by atoms with Crippen molar-refractivity contribution in [1.29, 1.82) is 0 Å². The van der Waals surface area contributed by atoms with Crippen molar-refractivity contribution in [3.8, 4) is 0 Å². The van der Waals surface area contributed by atoms with Gasteiger partial charge in [0.2, 0.25) is 0 Å². The molecule has 2 heterocycles. The van der Waals surface area contributed by atoms with Crippen molar-refractivity contribution in [2.24, 2.45) is 57.0 Å². The van der Waals surface area contributed by atoms with Crippen LogP contribution in [-0.4, -0.2) is 70.4 Å². The Morgan fingerprint density at radius 2 is 1.70 bits per heavy atom. The molecule has 0 radical (unpaired) electrons. The number of aliphatic hydroxyl groups is 2. The van der Waals surface area contributed by atoms with Crippen LogP contribution < -0.4 is 5.73 Å². The largest absolute Gasteiger partial charge is 0.443 e. The van der Waals surface area contributed by atoms with Gasteiger partial charge in [-0.2, -0.15) is 0 Å². The maximum absolute atomic E-state index is 12.8. The highest BCUT2D eigenvalue weighted by molar-refractivity contribution is 5.68. The number of likely N-dealkylation sites (tertiary alicyclic amines) is 1. The summed E-state index contributed by atoms with van der Waals surface area (Å²) in [7, 11) is 0. The second-order valence-corrected chi connectivity index (χ2v) is 16.7. The lowest BCUT2D eigenvalue weighted by molar-refractivity contribution is -0.180. The minimum Gasteiger partial charge on any atom is -0.443 e. The van der Waals surface area contributed by atoms with Crippen LogP contribution in [0, 0.1) is 51.2 Å². The molecule has 5 saturated carbocycles. The van der Waals surface area contributed by atoms with Crippen molar-refractivity contribution < 1.29 is 24.5 Å². The zero-order chi connectivity index (χ0) is 28.6. The predicted octanol–water partition coefficient (Wildman–Crippen LogP) is 4.72. The molecule has 226 valence electrons. The van der Waals surface area contributed by atoms with Crippen LogP contribution in [0.15, 0.2) is 0 Å². The Bertz CT molecular complexity index is 1060. The maximum atomic E-state index is 12.8. The summed E-state index contributed by atoms with van der Waals surface area (Å²) in [6, 6.07) is 0. The molecule has 0 aromatic carbocycles. The van der Waals surface area contributed by atoms with E-state index in [9.17, 15) is 15.0 Å². The molecular formula is C33H54N2O5. The molecule has 4 N–H and O–H groups in total. The summed E-state index contributed by atoms with van der Waals surface area (Å²) in [6.07, 6.45) is 7.30. The fraction of sp³-hybridized carbons (Fsp3) is 0.970. The van der Waals surface area contributed by atoms with E-state index in [-0.39, 0.29) is 69.9 Å². The van der Waals surface area contributed by atoms with Gasteiger partial charge in [-0.3, -0.25) is 0 Å². The van der Waals surface area contributed by atoms with Gasteiger partial charge in [-0.1, -0.05) is 41.5 Å². The molecule has 1 amide bonds. The van der Waals surface area contributed by atoms with Crippen LogP contribution in [0.2, 0.25) is 0 Å². The number of rotatable bonds is 3. The van der Waals surface area contributed by atoms with E-state index in [2.05, 4.69) is 41.5 Å². The quantitative estimate of drug-likeness (QED) is 0.463. The van der Waals surface area contributed by atoms with Crippen LogP contribution in [0.25, 0.3) is 0 Å². The van der Waals surface area contributed by atoms with E-state index >= 15 is 0 Å². The predicted molar refractivity (Wildman–Crippen MR) is 152 cm³/mol. The molecule has 40 heavy (non-hydrogen) atoms. The molecule has 7 rings (SSSR count). The summed E-state index contributed by atoms with van der Waals surface area (Å²) < 4.78 is 13.0. The van der Waals surface area contributed by atoms with Crippen molar-refractivity contribution in [2.45, 2.75) is 135 Å². The Kier molecular flexibility index (Phi) is 6.00. The van der Waals surface area contributed by atoms with E-state index in [1.54, 1.807) is 4.90 Å². The lowest BCUT2D eigenvalue weighted by Crippen LogP contribution is -2.70. The third-order valence-corrected chi connectivity index (χ3v) is 14.7. The minimum absolute atomic E-state index is 0.0678. The fourth-order valence-corrected chi connectivity index (χ4v) is 12.5. The molecule has 5 aliphatic carbocycles. The number of aliphatic hydroxyl groups excluding tert-OH is 2. The Balaban J connectivity index is 1.18. The normalized spacial score (nSPS) is 54.7. The molecule has 0 aromatic heterocycles. The van der Waals surface area contributed by atoms with Crippen molar-refractivity contribution in [1.82, 2.24) is 4.90 Å². The number of nitrogens with two attached hydrogens (primary N) is 1. The van der Waals surface area contributed by atoms with Crippen molar-refractivity contribution in [3.05, 3.63) is 0 Å². The highest BCUT2D eigenvalue weighted by Gasteiger charge is 2.85. The molecule has 2 spiro atoms. The molecule has 7 nitrogen and oxygen atoms in total. The van der Waals surface area contributed by atoms with Crippen LogP contribution in [0.5, 0.6) is 0 Å². The molecule has 5 unspecified atom stereocenters. The lowest BCUT2D eigenvalue weighted by atomic mass is 9.43. The van der Waals surface area contributed by atoms with E-state index in [0.29, 0.717) is 11.8 Å². The van der Waals surface area contributed by atoms with Gasteiger partial charge in [0.25, 0.3) is 0 Å². The zero-order valence-corrected chi connectivity index (χ0v) is 25.7. The molecule has 2 aliphatic heterocycles. The smallest absolute Gasteiger partial charge is 0.410 e. The van der Waals surface area contributed by atoms with Gasteiger partial charge in [0.1, 0.15) is 6.10 Å². The summed E-state index contributed by atoms with van der Waals surface area (Å²) in [5.74, 6) is 1.44. The van der Waals surface area contributed by atoms with E-state index in [1.165, 1.54) is 12.8 Å². The highest BCUT2D eigenvalue weighted by atomic mass is 16.6. The van der Waals surface area contributed by atoms with Crippen molar-refractivity contribution in [2.75, 3.05) is 13.1 Å². The van der Waals surface area contributed by atoms with Gasteiger partial charge in [-0.05, 0) is 109 Å². The summed E-state index contributed by atoms with van der Waals surface area (Å²) in [4.78, 5) is 14.6. The second kappa shape index (κ2) is 8.60. The molecular weight excluding hydrogens is 504 g/mol. The van der Waals surface area contributed by atoms with Crippen LogP contribution in [0.3, 0.4) is 0 Å². The third-order valence-electron chi connectivity index (χ3n) is 14.7. The number of hydrogen-bond donors (Lipinski definition) is 3. The number of carbonyl (C=O) groups is 1. The molecule has 0 aromatic rings. The fourth-order valence-electron chi connectivity index (χ4n) is 12.5. The van der Waals surface area contributed by atoms with Gasteiger partial charge >= 0.3 is 6.09 Å². The number of ether oxygens (including phenoxy) is 2. The SMILES string of the molecule is CC(C)[C@@H](OC(=O)N1CCC1)C1C[C@@H](C)[C@H]2C(O1)[C@H](O)[C@@]1(N)C3CC[C@H]4C(C)(C)[C@@H](O)CCC45CC35CC[C@]21C. The van der Waals surface area contributed by atoms with Gasteiger partial charge in [0.15, 0.2) is 0 Å². The minimum atomic E-state index is -0.731. The van der Waals surface area contributed by atoms with Gasteiger partial charge in [0, 0.05) is 13.1 Å². The lowest BCUT2D eigenvalue weighted by Gasteiger charge is -2.63. The number of carbonyl (C=O) groups excluding carboxylic acids is 1. The van der Waals surface area contributed by atoms with E-state index in [4.69, 9.17) is 15.2 Å². The van der Waals surface area contributed by atoms with Crippen LogP contribution >= 0.6 is 0 Å². The standard InChI is InChI=1S/C33H54N2O5/c1-18(2)25(40-28(38)35-14-7-15-35)20-16-19(3)24-26(39-20)27(37)33(34)22-9-8-21-29(4,5)23(36)10-11-31(21)17-32(22,31)13-12-30(24,33)6/h18-27,36-37H,7-17,34H2,1-6H3/t19-,20?,21+,22?,23+,24+,25-,26?,27+,30-,31?,32?,33+/m1/s1. The van der Waals surface area contributed by atoms with Crippen molar-refractivity contribution >= 4 is 6.09 Å². The molecule has 7 aliphatic rings. The van der Waals surface area contributed by atoms with Crippen LogP contribution in [0.4, 0.5) is 4.79 Å². The van der Waals surface area contributed by atoms with Gasteiger partial charge in [-0.25, -0.2) is 4.79 Å². The summed E-state index contributed by atoms with van der Waals surface area (Å²) >= 11 is 0. The summed E-state index contributed by atoms with van der Waals surface area (Å²) in [5.41, 5.74) is 7.20. The summed E-state index contributed by atoms with van der Waals surface area (Å²) in [5, 5.41) is 23.3. The zero-order valence-electron chi connectivity index (χ0n) is 25.7. The van der Waals surface area contributed by atoms with Crippen LogP contribution in [-0.2, 0) is 9.47 Å². The van der Waals surface area contributed by atoms with Crippen molar-refractivity contribution in [3.63, 3.8) is 0 Å². The summed E-state index contributed by atoms with van der Waals surface area (Å²) in [6.45, 7) is 15.0. The topological polar surface area (TPSA) is 105 Å². The number of hydrogen-bond acceptors (Lipinski definition) is 6. The Morgan fingerprint density at radius 3 is 2.35 bits per heavy atom. The average molecular weight is 559 g/mol. The Morgan fingerprint density at radius 1 is 1.02 bits per heavy atom. The first-order chi connectivity index (χ1) is 18.7. The first-order valence-electron chi connectivity index (χ1n) is 16.5. The monoisotopic (exact) mass is 558 g/mol. The Hall–Kier alpha value is -0.890. The Labute approximate surface area is 240 Å².